The lowest BCUT2D eigenvalue weighted by molar-refractivity contribution is -0.115. The van der Waals surface area contributed by atoms with E-state index in [1.807, 2.05) is 0 Å². The summed E-state index contributed by atoms with van der Waals surface area (Å²) in [5.74, 6) is -0.428. The van der Waals surface area contributed by atoms with E-state index in [-0.39, 0.29) is 28.2 Å². The molecular weight excluding hydrogens is 453 g/mol. The number of carbonyl (C=O) groups is 2. The second-order valence-corrected chi connectivity index (χ2v) is 7.74. The number of halogens is 3. The number of alkyl halides is 3. The van der Waals surface area contributed by atoms with Crippen molar-refractivity contribution in [1.29, 1.82) is 5.41 Å². The van der Waals surface area contributed by atoms with Crippen LogP contribution in [0.3, 0.4) is 0 Å². The summed E-state index contributed by atoms with van der Waals surface area (Å²) in [6, 6.07) is 5.88. The molecule has 3 aromatic rings. The van der Waals surface area contributed by atoms with Gasteiger partial charge in [-0.25, -0.2) is 0 Å². The van der Waals surface area contributed by atoms with Crippen LogP contribution in [0.5, 0.6) is 0 Å². The summed E-state index contributed by atoms with van der Waals surface area (Å²) >= 11 is 0. The molecule has 1 amide bonds. The fourth-order valence-corrected chi connectivity index (χ4v) is 3.68. The smallest absolute Gasteiger partial charge is 0.405 e. The normalized spacial score (nSPS) is 14.6. The van der Waals surface area contributed by atoms with Crippen LogP contribution in [0.4, 0.5) is 18.9 Å². The van der Waals surface area contributed by atoms with Crippen LogP contribution in [0.25, 0.3) is 11.0 Å². The number of fused-ring (bicyclic) bond motifs is 1. The molecule has 1 fully saturated rings. The summed E-state index contributed by atoms with van der Waals surface area (Å²) in [4.78, 5) is 29.8. The Hall–Kier alpha value is -3.73. The highest BCUT2D eigenvalue weighted by molar-refractivity contribution is 6.20. The molecule has 0 aliphatic carbocycles. The number of nitrogens with one attached hydrogen (secondary N) is 2. The van der Waals surface area contributed by atoms with E-state index in [0.717, 1.165) is 0 Å². The van der Waals surface area contributed by atoms with Gasteiger partial charge in [-0.3, -0.25) is 20.0 Å². The Kier molecular flexibility index (Phi) is 6.64. The maximum atomic E-state index is 13.0. The van der Waals surface area contributed by atoms with Crippen molar-refractivity contribution in [2.45, 2.75) is 12.6 Å². The molecule has 4 rings (SSSR count). The molecule has 11 heteroatoms. The number of carbonyl (C=O) groups excluding carboxylic acids is 2. The Morgan fingerprint density at radius 2 is 2.03 bits per heavy atom. The number of hydrogen-bond donors (Lipinski definition) is 2. The van der Waals surface area contributed by atoms with Crippen LogP contribution in [0.2, 0.25) is 0 Å². The van der Waals surface area contributed by atoms with Gasteiger partial charge in [-0.1, -0.05) is 0 Å². The zero-order valence-corrected chi connectivity index (χ0v) is 17.9. The topological polar surface area (TPSA) is 109 Å². The third-order valence-electron chi connectivity index (χ3n) is 5.38. The molecule has 1 aromatic carbocycles. The predicted molar refractivity (Wildman–Crippen MR) is 118 cm³/mol. The Morgan fingerprint density at radius 3 is 2.79 bits per heavy atom. The lowest BCUT2D eigenvalue weighted by atomic mass is 10.00. The second-order valence-electron chi connectivity index (χ2n) is 7.74. The fraction of sp³-hybridized carbons (Fsp3) is 0.304. The molecule has 8 nitrogen and oxygen atoms in total. The average Bonchev–Trinajstić information content (AvgIpc) is 3.05. The summed E-state index contributed by atoms with van der Waals surface area (Å²) in [6.07, 6.45) is -0.734. The highest BCUT2D eigenvalue weighted by Crippen LogP contribution is 2.28. The monoisotopic (exact) mass is 474 g/mol. The van der Waals surface area contributed by atoms with E-state index in [1.165, 1.54) is 24.6 Å². The summed E-state index contributed by atoms with van der Waals surface area (Å²) in [5, 5.41) is 11.4. The van der Waals surface area contributed by atoms with Crippen LogP contribution < -0.4 is 5.32 Å². The lowest BCUT2D eigenvalue weighted by Crippen LogP contribution is -2.34. The quantitative estimate of drug-likeness (QED) is 0.415. The van der Waals surface area contributed by atoms with Gasteiger partial charge in [0.05, 0.1) is 12.3 Å². The maximum Gasteiger partial charge on any atom is 0.405 e. The van der Waals surface area contributed by atoms with Gasteiger partial charge in [0, 0.05) is 53.7 Å². The Labute approximate surface area is 192 Å². The summed E-state index contributed by atoms with van der Waals surface area (Å²) < 4.78 is 49.7. The molecule has 0 spiro atoms. The number of pyridine rings is 1. The Bertz CT molecular complexity index is 1230. The van der Waals surface area contributed by atoms with Gasteiger partial charge in [0.1, 0.15) is 30.4 Å². The van der Waals surface area contributed by atoms with Crippen molar-refractivity contribution in [2.24, 2.45) is 0 Å². The molecule has 0 radical (unpaired) electrons. The molecule has 0 atom stereocenters. The third-order valence-corrected chi connectivity index (χ3v) is 5.38. The van der Waals surface area contributed by atoms with Gasteiger partial charge in [-0.15, -0.1) is 0 Å². The van der Waals surface area contributed by atoms with Crippen LogP contribution >= 0.6 is 0 Å². The molecule has 2 aromatic heterocycles. The number of amides is 1. The van der Waals surface area contributed by atoms with Crippen molar-refractivity contribution in [3.8, 4) is 0 Å². The minimum atomic E-state index is -4.52. The van der Waals surface area contributed by atoms with Gasteiger partial charge in [0.25, 0.3) is 5.91 Å². The number of aldehydes is 1. The molecule has 0 bridgehead atoms. The van der Waals surface area contributed by atoms with Gasteiger partial charge in [0.2, 0.25) is 0 Å². The van der Waals surface area contributed by atoms with E-state index in [9.17, 15) is 22.8 Å². The van der Waals surface area contributed by atoms with E-state index in [0.29, 0.717) is 55.5 Å². The Morgan fingerprint density at radius 1 is 1.21 bits per heavy atom. The van der Waals surface area contributed by atoms with Gasteiger partial charge >= 0.3 is 6.18 Å². The summed E-state index contributed by atoms with van der Waals surface area (Å²) in [6.45, 7) is 0.330. The van der Waals surface area contributed by atoms with Crippen molar-refractivity contribution in [3.63, 3.8) is 0 Å². The number of furan rings is 1. The van der Waals surface area contributed by atoms with Crippen molar-refractivity contribution < 1.29 is 31.9 Å². The molecule has 0 saturated carbocycles. The SMILES string of the molecule is N=C(c1cnc(C(=O)N2CCCOCC2)cc1NCC(F)(F)F)c1coc2ccc(C=O)cc12. The highest BCUT2D eigenvalue weighted by atomic mass is 19.4. The molecule has 3 heterocycles. The van der Waals surface area contributed by atoms with E-state index >= 15 is 0 Å². The first-order valence-electron chi connectivity index (χ1n) is 10.5. The van der Waals surface area contributed by atoms with Crippen molar-refractivity contribution in [2.75, 3.05) is 38.2 Å². The van der Waals surface area contributed by atoms with Gasteiger partial charge in [0.15, 0.2) is 0 Å². The largest absolute Gasteiger partial charge is 0.464 e. The van der Waals surface area contributed by atoms with Crippen molar-refractivity contribution in [1.82, 2.24) is 9.88 Å². The van der Waals surface area contributed by atoms with Crippen LogP contribution in [-0.4, -0.2) is 66.8 Å². The number of nitrogens with zero attached hydrogens (tertiary/aromatic N) is 2. The predicted octanol–water partition coefficient (Wildman–Crippen LogP) is 3.89. The number of aromatic nitrogens is 1. The molecule has 1 aliphatic heterocycles. The van der Waals surface area contributed by atoms with E-state index in [2.05, 4.69) is 10.3 Å². The fourth-order valence-electron chi connectivity index (χ4n) is 3.68. The molecule has 2 N–H and O–H groups in total. The second kappa shape index (κ2) is 9.64. The van der Waals surface area contributed by atoms with E-state index < -0.39 is 18.6 Å². The van der Waals surface area contributed by atoms with Crippen molar-refractivity contribution >= 4 is 34.6 Å². The average molecular weight is 474 g/mol. The summed E-state index contributed by atoms with van der Waals surface area (Å²) in [5.41, 5.74) is 0.841. The molecule has 178 valence electrons. The minimum absolute atomic E-state index is 0.0385. The number of anilines is 1. The Balaban J connectivity index is 1.71. The molecule has 1 aliphatic rings. The van der Waals surface area contributed by atoms with Crippen LogP contribution in [0.1, 0.15) is 38.4 Å². The van der Waals surface area contributed by atoms with Crippen molar-refractivity contribution in [3.05, 3.63) is 59.1 Å². The van der Waals surface area contributed by atoms with Gasteiger partial charge in [-0.05, 0) is 30.7 Å². The molecular formula is C23H21F3N4O4. The van der Waals surface area contributed by atoms with E-state index in [4.69, 9.17) is 14.6 Å². The van der Waals surface area contributed by atoms with Crippen LogP contribution in [0.15, 0.2) is 41.1 Å². The highest BCUT2D eigenvalue weighted by Gasteiger charge is 2.28. The number of ether oxygens (including phenoxy) is 1. The van der Waals surface area contributed by atoms with Gasteiger partial charge in [-0.2, -0.15) is 13.2 Å². The first kappa shape index (κ1) is 23.4. The third kappa shape index (κ3) is 5.09. The molecule has 0 unspecified atom stereocenters. The standard InChI is InChI=1S/C23H21F3N4O4/c24-23(25,26)13-29-18-9-19(22(32)30-4-1-6-33-7-5-30)28-10-16(18)21(27)17-12-34-20-3-2-14(11-31)8-15(17)20/h2-3,8-12,27H,1,4-7,13H2,(H,28,29). The van der Waals surface area contributed by atoms with E-state index in [1.54, 1.807) is 17.0 Å². The first-order chi connectivity index (χ1) is 16.3. The maximum absolute atomic E-state index is 13.0. The zero-order valence-electron chi connectivity index (χ0n) is 17.9. The minimum Gasteiger partial charge on any atom is -0.464 e. The summed E-state index contributed by atoms with van der Waals surface area (Å²) in [7, 11) is 0. The molecule has 34 heavy (non-hydrogen) atoms. The number of rotatable bonds is 6. The van der Waals surface area contributed by atoms with Crippen LogP contribution in [0, 0.1) is 5.41 Å². The van der Waals surface area contributed by atoms with Crippen LogP contribution in [-0.2, 0) is 4.74 Å². The first-order valence-corrected chi connectivity index (χ1v) is 10.5. The molecule has 1 saturated heterocycles. The lowest BCUT2D eigenvalue weighted by Gasteiger charge is -2.20. The van der Waals surface area contributed by atoms with Gasteiger partial charge < -0.3 is 19.4 Å². The zero-order chi connectivity index (χ0) is 24.3. The number of benzene rings is 1. The number of hydrogen-bond acceptors (Lipinski definition) is 7.